The molecule has 0 aliphatic carbocycles. The number of ether oxygens (including phenoxy) is 1. The second kappa shape index (κ2) is 7.47. The molecule has 0 spiro atoms. The van der Waals surface area contributed by atoms with E-state index in [9.17, 15) is 10.1 Å². The molecule has 0 saturated carbocycles. The Bertz CT molecular complexity index is 1090. The number of hydrogen-bond acceptors (Lipinski definition) is 6. The summed E-state index contributed by atoms with van der Waals surface area (Å²) in [4.78, 5) is 16.7. The molecule has 126 valence electrons. The van der Waals surface area contributed by atoms with Crippen LogP contribution in [0.5, 0.6) is 5.75 Å². The number of benzene rings is 2. The molecule has 1 heterocycles. The van der Waals surface area contributed by atoms with Crippen LogP contribution in [-0.2, 0) is 4.79 Å². The van der Waals surface area contributed by atoms with Crippen molar-refractivity contribution in [2.45, 2.75) is 0 Å². The van der Waals surface area contributed by atoms with Crippen molar-refractivity contribution in [3.05, 3.63) is 59.2 Å². The molecule has 0 saturated heterocycles. The van der Waals surface area contributed by atoms with Crippen LogP contribution in [0.15, 0.2) is 48.0 Å². The van der Waals surface area contributed by atoms with Crippen LogP contribution in [0.1, 0.15) is 11.1 Å². The summed E-state index contributed by atoms with van der Waals surface area (Å²) in [6, 6.07) is 15.9. The molecule has 0 atom stereocenters. The number of nitriles is 2. The zero-order chi connectivity index (χ0) is 18.5. The molecule has 6 nitrogen and oxygen atoms in total. The van der Waals surface area contributed by atoms with Crippen LogP contribution in [0.25, 0.3) is 16.3 Å². The number of aromatic nitrogens is 1. The highest BCUT2D eigenvalue weighted by atomic mass is 32.1. The minimum absolute atomic E-state index is 0.0495. The molecule has 0 aliphatic heterocycles. The van der Waals surface area contributed by atoms with E-state index in [0.717, 1.165) is 10.2 Å². The Labute approximate surface area is 153 Å². The van der Waals surface area contributed by atoms with Crippen LogP contribution in [0, 0.1) is 22.7 Å². The van der Waals surface area contributed by atoms with Gasteiger partial charge >= 0.3 is 0 Å². The number of rotatable bonds is 4. The average Bonchev–Trinajstić information content (AvgIpc) is 3.07. The number of anilines is 1. The summed E-state index contributed by atoms with van der Waals surface area (Å²) in [5.41, 5.74) is 1.85. The molecule has 0 radical (unpaired) electrons. The van der Waals surface area contributed by atoms with Gasteiger partial charge in [0.2, 0.25) is 0 Å². The van der Waals surface area contributed by atoms with Gasteiger partial charge < -0.3 is 4.74 Å². The average molecular weight is 360 g/mol. The lowest BCUT2D eigenvalue weighted by Crippen LogP contribution is -2.13. The zero-order valence-electron chi connectivity index (χ0n) is 13.7. The fraction of sp³-hybridized carbons (Fsp3) is 0.0526. The van der Waals surface area contributed by atoms with E-state index in [1.165, 1.54) is 17.4 Å². The van der Waals surface area contributed by atoms with E-state index in [4.69, 9.17) is 10.00 Å². The van der Waals surface area contributed by atoms with Crippen molar-refractivity contribution in [1.29, 1.82) is 10.5 Å². The quantitative estimate of drug-likeness (QED) is 0.565. The summed E-state index contributed by atoms with van der Waals surface area (Å²) >= 11 is 1.30. The van der Waals surface area contributed by atoms with E-state index in [1.54, 1.807) is 43.5 Å². The maximum Gasteiger partial charge on any atom is 0.268 e. The van der Waals surface area contributed by atoms with E-state index in [-0.39, 0.29) is 5.57 Å². The van der Waals surface area contributed by atoms with Gasteiger partial charge in [-0.3, -0.25) is 10.1 Å². The van der Waals surface area contributed by atoms with Gasteiger partial charge in [-0.15, -0.1) is 0 Å². The number of thiazole rings is 1. The monoisotopic (exact) mass is 360 g/mol. The highest BCUT2D eigenvalue weighted by Gasteiger charge is 2.13. The first-order valence-electron chi connectivity index (χ1n) is 7.51. The van der Waals surface area contributed by atoms with Gasteiger partial charge in [0.15, 0.2) is 5.13 Å². The molecular formula is C19H12N4O2S. The molecule has 0 aliphatic rings. The summed E-state index contributed by atoms with van der Waals surface area (Å²) in [6.07, 6.45) is 1.47. The molecule has 1 aromatic heterocycles. The molecule has 0 fully saturated rings. The number of carbonyl (C=O) groups is 1. The first-order valence-corrected chi connectivity index (χ1v) is 8.32. The lowest BCUT2D eigenvalue weighted by molar-refractivity contribution is -0.112. The molecule has 3 rings (SSSR count). The van der Waals surface area contributed by atoms with Gasteiger partial charge in [0, 0.05) is 0 Å². The lowest BCUT2D eigenvalue weighted by atomic mass is 10.1. The minimum atomic E-state index is -0.539. The molecule has 26 heavy (non-hydrogen) atoms. The Morgan fingerprint density at radius 3 is 2.65 bits per heavy atom. The predicted molar refractivity (Wildman–Crippen MR) is 99.5 cm³/mol. The van der Waals surface area contributed by atoms with Crippen molar-refractivity contribution in [3.8, 4) is 17.9 Å². The van der Waals surface area contributed by atoms with Gasteiger partial charge in [-0.2, -0.15) is 10.5 Å². The second-order valence-electron chi connectivity index (χ2n) is 5.21. The Balaban J connectivity index is 1.81. The predicted octanol–water partition coefficient (Wildman–Crippen LogP) is 3.72. The van der Waals surface area contributed by atoms with Gasteiger partial charge in [0.05, 0.1) is 29.0 Å². The van der Waals surface area contributed by atoms with Crippen LogP contribution in [0.2, 0.25) is 0 Å². The normalized spacial score (nSPS) is 10.8. The number of methoxy groups -OCH3 is 1. The van der Waals surface area contributed by atoms with E-state index in [2.05, 4.69) is 10.3 Å². The van der Waals surface area contributed by atoms with Crippen molar-refractivity contribution in [3.63, 3.8) is 0 Å². The molecule has 1 amide bonds. The van der Waals surface area contributed by atoms with Crippen molar-refractivity contribution < 1.29 is 9.53 Å². The maximum absolute atomic E-state index is 12.4. The van der Waals surface area contributed by atoms with Crippen molar-refractivity contribution in [2.24, 2.45) is 0 Å². The van der Waals surface area contributed by atoms with E-state index in [0.29, 0.717) is 22.0 Å². The highest BCUT2D eigenvalue weighted by Crippen LogP contribution is 2.29. The van der Waals surface area contributed by atoms with Gasteiger partial charge in [-0.25, -0.2) is 4.98 Å². The summed E-state index contributed by atoms with van der Waals surface area (Å²) in [5.74, 6) is 0.167. The molecule has 3 aromatic rings. The molecule has 2 aromatic carbocycles. The number of nitrogens with zero attached hydrogens (tertiary/aromatic N) is 3. The van der Waals surface area contributed by atoms with Crippen molar-refractivity contribution >= 4 is 38.7 Å². The lowest BCUT2D eigenvalue weighted by Gasteiger charge is -2.00. The fourth-order valence-electron chi connectivity index (χ4n) is 2.22. The van der Waals surface area contributed by atoms with E-state index < -0.39 is 5.91 Å². The van der Waals surface area contributed by atoms with Gasteiger partial charge in [-0.05, 0) is 42.0 Å². The highest BCUT2D eigenvalue weighted by molar-refractivity contribution is 7.22. The third-order valence-corrected chi connectivity index (χ3v) is 4.47. The van der Waals surface area contributed by atoms with Gasteiger partial charge in [0.1, 0.15) is 17.4 Å². The third-order valence-electron chi connectivity index (χ3n) is 3.53. The van der Waals surface area contributed by atoms with Crippen LogP contribution in [0.4, 0.5) is 5.13 Å². The standard InChI is InChI=1S/C19H12N4O2S/c1-25-15-6-7-16-17(9-15)26-19(22-16)23-18(24)14(11-21)8-12-2-4-13(10-20)5-3-12/h2-9H,1H3,(H,22,23,24)/b14-8-. The SMILES string of the molecule is COc1ccc2nc(NC(=O)/C(C#N)=C\c3ccc(C#N)cc3)sc2c1. The van der Waals surface area contributed by atoms with Crippen LogP contribution in [0.3, 0.4) is 0 Å². The van der Waals surface area contributed by atoms with Crippen LogP contribution in [-0.4, -0.2) is 18.0 Å². The Hall–Kier alpha value is -3.68. The smallest absolute Gasteiger partial charge is 0.268 e. The first-order chi connectivity index (χ1) is 12.6. The minimum Gasteiger partial charge on any atom is -0.497 e. The molecule has 7 heteroatoms. The number of amides is 1. The molecular weight excluding hydrogens is 348 g/mol. The zero-order valence-corrected chi connectivity index (χ0v) is 14.5. The molecule has 1 N–H and O–H groups in total. The molecule has 0 bridgehead atoms. The summed E-state index contributed by atoms with van der Waals surface area (Å²) in [6.45, 7) is 0. The Kier molecular flexibility index (Phi) is 4.93. The number of carbonyl (C=O) groups excluding carboxylic acids is 1. The summed E-state index contributed by atoms with van der Waals surface area (Å²) in [5, 5.41) is 21.1. The molecule has 0 unspecified atom stereocenters. The second-order valence-corrected chi connectivity index (χ2v) is 6.24. The van der Waals surface area contributed by atoms with Crippen molar-refractivity contribution in [2.75, 3.05) is 12.4 Å². The largest absolute Gasteiger partial charge is 0.497 e. The summed E-state index contributed by atoms with van der Waals surface area (Å²) < 4.78 is 6.04. The summed E-state index contributed by atoms with van der Waals surface area (Å²) in [7, 11) is 1.58. The van der Waals surface area contributed by atoms with Gasteiger partial charge in [0.25, 0.3) is 5.91 Å². The van der Waals surface area contributed by atoms with Crippen LogP contribution >= 0.6 is 11.3 Å². The van der Waals surface area contributed by atoms with Gasteiger partial charge in [-0.1, -0.05) is 23.5 Å². The van der Waals surface area contributed by atoms with Crippen molar-refractivity contribution in [1.82, 2.24) is 4.98 Å². The fourth-order valence-corrected chi connectivity index (χ4v) is 3.11. The first kappa shape index (κ1) is 17.2. The topological polar surface area (TPSA) is 98.8 Å². The van der Waals surface area contributed by atoms with Crippen LogP contribution < -0.4 is 10.1 Å². The maximum atomic E-state index is 12.4. The van der Waals surface area contributed by atoms with E-state index >= 15 is 0 Å². The Morgan fingerprint density at radius 2 is 2.00 bits per heavy atom. The Morgan fingerprint density at radius 1 is 1.23 bits per heavy atom. The number of nitrogens with one attached hydrogen (secondary N) is 1. The number of hydrogen-bond donors (Lipinski definition) is 1. The van der Waals surface area contributed by atoms with E-state index in [1.807, 2.05) is 18.2 Å². The third kappa shape index (κ3) is 3.69. The number of fused-ring (bicyclic) bond motifs is 1.